The molecule has 0 radical (unpaired) electrons. The van der Waals surface area contributed by atoms with Crippen molar-refractivity contribution in [3.8, 4) is 67.5 Å². The average molecular weight is 795 g/mol. The van der Waals surface area contributed by atoms with Gasteiger partial charge in [-0.3, -0.25) is 0 Å². The molecule has 2 aliphatic rings. The molecule has 0 bridgehead atoms. The summed E-state index contributed by atoms with van der Waals surface area (Å²) in [6.45, 7) is 0. The number of rotatable bonds is 8. The number of aromatic nitrogens is 3. The van der Waals surface area contributed by atoms with Crippen molar-refractivity contribution in [2.75, 3.05) is 5.32 Å². The summed E-state index contributed by atoms with van der Waals surface area (Å²) in [4.78, 5) is 15.3. The molecule has 11 rings (SSSR count). The first kappa shape index (κ1) is 37.1. The fourth-order valence-corrected chi connectivity index (χ4v) is 8.92. The third kappa shape index (κ3) is 7.22. The van der Waals surface area contributed by atoms with Gasteiger partial charge in [0.05, 0.1) is 6.04 Å². The molecule has 62 heavy (non-hydrogen) atoms. The molecule has 9 aromatic rings. The van der Waals surface area contributed by atoms with Crippen LogP contribution < -0.4 is 5.32 Å². The summed E-state index contributed by atoms with van der Waals surface area (Å²) >= 11 is 0. The first-order valence-corrected chi connectivity index (χ1v) is 21.3. The minimum absolute atomic E-state index is 0.0608. The maximum atomic E-state index is 5.12. The Bertz CT molecular complexity index is 3030. The summed E-state index contributed by atoms with van der Waals surface area (Å²) in [7, 11) is 0. The lowest BCUT2D eigenvalue weighted by molar-refractivity contribution is 0.826. The van der Waals surface area contributed by atoms with Crippen LogP contribution >= 0.6 is 0 Å². The van der Waals surface area contributed by atoms with E-state index in [0.717, 1.165) is 45.5 Å². The second-order valence-electron chi connectivity index (χ2n) is 16.0. The van der Waals surface area contributed by atoms with Crippen LogP contribution in [0.4, 0.5) is 5.69 Å². The van der Waals surface area contributed by atoms with Crippen LogP contribution in [-0.2, 0) is 0 Å². The number of nitrogens with zero attached hydrogens (tertiary/aromatic N) is 3. The van der Waals surface area contributed by atoms with E-state index in [1.807, 2.05) is 12.1 Å². The SMILES string of the molecule is C1=CCC(C2=CC(c3ccccc3)Nc3cc(-c4ccc(-c5nc(-c6ccc(-c7ccccc7)cc6)nc(-c6ccc(-c7ccccc7)cc6)n5)cc4)c4ccccc4c32)C=C1. The number of fused-ring (bicyclic) bond motifs is 3. The Labute approximate surface area is 362 Å². The Morgan fingerprint density at radius 1 is 0.419 bits per heavy atom. The van der Waals surface area contributed by atoms with Crippen molar-refractivity contribution in [3.05, 3.63) is 236 Å². The number of allylic oxidation sites excluding steroid dienone is 5. The topological polar surface area (TPSA) is 50.7 Å². The maximum absolute atomic E-state index is 5.12. The quantitative estimate of drug-likeness (QED) is 0.166. The number of nitrogens with one attached hydrogen (secondary N) is 1. The van der Waals surface area contributed by atoms with E-state index >= 15 is 0 Å². The Morgan fingerprint density at radius 2 is 0.871 bits per heavy atom. The van der Waals surface area contributed by atoms with Crippen molar-refractivity contribution in [2.24, 2.45) is 5.92 Å². The molecule has 1 N–H and O–H groups in total. The molecule has 2 heterocycles. The van der Waals surface area contributed by atoms with E-state index in [-0.39, 0.29) is 6.04 Å². The zero-order chi connectivity index (χ0) is 41.2. The second kappa shape index (κ2) is 16.2. The smallest absolute Gasteiger partial charge is 0.164 e. The van der Waals surface area contributed by atoms with Crippen molar-refractivity contribution < 1.29 is 0 Å². The number of hydrogen-bond donors (Lipinski definition) is 1. The molecule has 8 aromatic carbocycles. The zero-order valence-electron chi connectivity index (χ0n) is 34.1. The van der Waals surface area contributed by atoms with E-state index in [9.17, 15) is 0 Å². The highest BCUT2D eigenvalue weighted by Crippen LogP contribution is 2.47. The normalized spacial score (nSPS) is 15.5. The molecule has 294 valence electrons. The number of benzene rings is 8. The van der Waals surface area contributed by atoms with Gasteiger partial charge in [-0.05, 0) is 67.8 Å². The highest BCUT2D eigenvalue weighted by atomic mass is 15.0. The van der Waals surface area contributed by atoms with Crippen LogP contribution in [0.2, 0.25) is 0 Å². The molecular formula is C58H42N4. The Hall–Kier alpha value is -7.95. The lowest BCUT2D eigenvalue weighted by atomic mass is 9.79. The molecule has 4 nitrogen and oxygen atoms in total. The van der Waals surface area contributed by atoms with Gasteiger partial charge in [0.25, 0.3) is 0 Å². The molecule has 0 fully saturated rings. The van der Waals surface area contributed by atoms with Gasteiger partial charge in [-0.1, -0.05) is 218 Å². The van der Waals surface area contributed by atoms with Gasteiger partial charge in [0.1, 0.15) is 0 Å². The molecule has 0 amide bonds. The Kier molecular flexibility index (Phi) is 9.72. The fourth-order valence-electron chi connectivity index (χ4n) is 8.92. The van der Waals surface area contributed by atoms with Gasteiger partial charge in [0.15, 0.2) is 17.5 Å². The molecule has 2 unspecified atom stereocenters. The van der Waals surface area contributed by atoms with E-state index < -0.39 is 0 Å². The minimum atomic E-state index is 0.0608. The Balaban J connectivity index is 0.990. The molecule has 0 saturated heterocycles. The minimum Gasteiger partial charge on any atom is -0.374 e. The third-order valence-electron chi connectivity index (χ3n) is 12.1. The van der Waals surface area contributed by atoms with E-state index in [1.165, 1.54) is 44.2 Å². The standard InChI is InChI=1S/C58H42N4/c1-5-15-39(16-6-1)41-25-31-46(32-26-41)56-60-57(47-33-27-42(28-34-47)40-17-7-2-8-18-40)62-58(61-56)48-35-29-44(30-36-48)51-37-54-55(50-24-14-13-23-49(50)51)52(43-19-9-3-10-20-43)38-53(59-54)45-21-11-4-12-22-45/h1-19,21-38,43,53,59H,20H2. The summed E-state index contributed by atoms with van der Waals surface area (Å²) < 4.78 is 0. The Morgan fingerprint density at radius 3 is 1.39 bits per heavy atom. The van der Waals surface area contributed by atoms with E-state index in [1.54, 1.807) is 0 Å². The monoisotopic (exact) mass is 794 g/mol. The van der Waals surface area contributed by atoms with Crippen LogP contribution in [0.5, 0.6) is 0 Å². The summed E-state index contributed by atoms with van der Waals surface area (Å²) in [5.41, 5.74) is 14.8. The zero-order valence-corrected chi connectivity index (χ0v) is 34.1. The van der Waals surface area contributed by atoms with Crippen LogP contribution in [0, 0.1) is 5.92 Å². The summed E-state index contributed by atoms with van der Waals surface area (Å²) in [5.74, 6) is 2.20. The average Bonchev–Trinajstić information content (AvgIpc) is 3.37. The van der Waals surface area contributed by atoms with E-state index in [2.05, 4.69) is 218 Å². The van der Waals surface area contributed by atoms with Crippen molar-refractivity contribution in [1.82, 2.24) is 15.0 Å². The molecule has 1 aliphatic carbocycles. The third-order valence-corrected chi connectivity index (χ3v) is 12.1. The van der Waals surface area contributed by atoms with E-state index in [0.29, 0.717) is 23.4 Å². The maximum Gasteiger partial charge on any atom is 0.164 e. The molecule has 2 atom stereocenters. The van der Waals surface area contributed by atoms with Gasteiger partial charge in [-0.2, -0.15) is 0 Å². The van der Waals surface area contributed by atoms with Crippen molar-refractivity contribution >= 4 is 22.0 Å². The van der Waals surface area contributed by atoms with Gasteiger partial charge >= 0.3 is 0 Å². The van der Waals surface area contributed by atoms with Crippen LogP contribution in [0.1, 0.15) is 23.6 Å². The second-order valence-corrected chi connectivity index (χ2v) is 16.0. The molecule has 1 aliphatic heterocycles. The van der Waals surface area contributed by atoms with Crippen LogP contribution in [0.15, 0.2) is 225 Å². The van der Waals surface area contributed by atoms with Crippen molar-refractivity contribution in [3.63, 3.8) is 0 Å². The molecular weight excluding hydrogens is 753 g/mol. The van der Waals surface area contributed by atoms with Gasteiger partial charge in [0.2, 0.25) is 0 Å². The molecule has 4 heteroatoms. The highest BCUT2D eigenvalue weighted by molar-refractivity contribution is 6.08. The predicted molar refractivity (Wildman–Crippen MR) is 257 cm³/mol. The lowest BCUT2D eigenvalue weighted by Gasteiger charge is -2.32. The summed E-state index contributed by atoms with van der Waals surface area (Å²) in [6.07, 6.45) is 12.4. The largest absolute Gasteiger partial charge is 0.374 e. The molecule has 0 spiro atoms. The highest BCUT2D eigenvalue weighted by Gasteiger charge is 2.27. The first-order chi connectivity index (χ1) is 30.7. The van der Waals surface area contributed by atoms with E-state index in [4.69, 9.17) is 15.0 Å². The van der Waals surface area contributed by atoms with Gasteiger partial charge in [0, 0.05) is 33.9 Å². The lowest BCUT2D eigenvalue weighted by Crippen LogP contribution is -2.18. The summed E-state index contributed by atoms with van der Waals surface area (Å²) in [5, 5.41) is 6.42. The predicted octanol–water partition coefficient (Wildman–Crippen LogP) is 14.7. The molecule has 1 aromatic heterocycles. The fraction of sp³-hybridized carbons (Fsp3) is 0.0517. The van der Waals surface area contributed by atoms with Crippen molar-refractivity contribution in [2.45, 2.75) is 12.5 Å². The summed E-state index contributed by atoms with van der Waals surface area (Å²) in [6, 6.07) is 68.5. The number of anilines is 1. The first-order valence-electron chi connectivity index (χ1n) is 21.3. The van der Waals surface area contributed by atoms with Crippen LogP contribution in [0.3, 0.4) is 0 Å². The van der Waals surface area contributed by atoms with Gasteiger partial charge in [-0.25, -0.2) is 15.0 Å². The van der Waals surface area contributed by atoms with Gasteiger partial charge < -0.3 is 5.32 Å². The number of hydrogen-bond acceptors (Lipinski definition) is 4. The van der Waals surface area contributed by atoms with Crippen LogP contribution in [-0.4, -0.2) is 15.0 Å². The molecule has 0 saturated carbocycles. The van der Waals surface area contributed by atoms with Crippen molar-refractivity contribution in [1.29, 1.82) is 0 Å². The van der Waals surface area contributed by atoms with Gasteiger partial charge in [-0.15, -0.1) is 0 Å². The van der Waals surface area contributed by atoms with Crippen LogP contribution in [0.25, 0.3) is 83.9 Å².